The van der Waals surface area contributed by atoms with Gasteiger partial charge >= 0.3 is 0 Å². The van der Waals surface area contributed by atoms with Crippen molar-refractivity contribution in [3.8, 4) is 0 Å². The highest BCUT2D eigenvalue weighted by molar-refractivity contribution is 4.89. The minimum absolute atomic E-state index is 0.267. The number of hydrogen-bond donors (Lipinski definition) is 2. The fourth-order valence-corrected chi connectivity index (χ4v) is 3.67. The molecule has 2 nitrogen and oxygen atoms in total. The van der Waals surface area contributed by atoms with Gasteiger partial charge in [0.15, 0.2) is 0 Å². The molecular formula is C14H28N2. The van der Waals surface area contributed by atoms with Gasteiger partial charge in [0.05, 0.1) is 0 Å². The van der Waals surface area contributed by atoms with Gasteiger partial charge in [-0.05, 0) is 37.5 Å². The van der Waals surface area contributed by atoms with Crippen LogP contribution in [0.15, 0.2) is 0 Å². The van der Waals surface area contributed by atoms with Gasteiger partial charge in [0, 0.05) is 12.1 Å². The second-order valence-corrected chi connectivity index (χ2v) is 5.95. The summed E-state index contributed by atoms with van der Waals surface area (Å²) in [5.74, 6) is 1.43. The van der Waals surface area contributed by atoms with E-state index in [0.29, 0.717) is 11.8 Å². The maximum absolute atomic E-state index is 6.40. The zero-order valence-corrected chi connectivity index (χ0v) is 10.5. The topological polar surface area (TPSA) is 52.0 Å². The third-order valence-corrected chi connectivity index (χ3v) is 4.83. The van der Waals surface area contributed by atoms with Gasteiger partial charge in [-0.3, -0.25) is 0 Å². The zero-order chi connectivity index (χ0) is 11.4. The Morgan fingerprint density at radius 1 is 0.562 bits per heavy atom. The van der Waals surface area contributed by atoms with Crippen LogP contribution in [0.5, 0.6) is 0 Å². The molecule has 0 heterocycles. The Balaban J connectivity index is 1.84. The normalized spacial score (nSPS) is 28.9. The molecule has 16 heavy (non-hydrogen) atoms. The van der Waals surface area contributed by atoms with Crippen LogP contribution in [-0.4, -0.2) is 12.1 Å². The van der Waals surface area contributed by atoms with Crippen LogP contribution in [0.4, 0.5) is 0 Å². The van der Waals surface area contributed by atoms with E-state index < -0.39 is 0 Å². The highest BCUT2D eigenvalue weighted by atomic mass is 14.8. The summed E-state index contributed by atoms with van der Waals surface area (Å²) in [6, 6.07) is 0.534. The van der Waals surface area contributed by atoms with Crippen LogP contribution < -0.4 is 11.5 Å². The lowest BCUT2D eigenvalue weighted by molar-refractivity contribution is 0.210. The van der Waals surface area contributed by atoms with Gasteiger partial charge in [-0.25, -0.2) is 0 Å². The molecule has 0 bridgehead atoms. The predicted octanol–water partition coefficient (Wildman–Crippen LogP) is 2.80. The predicted molar refractivity (Wildman–Crippen MR) is 69.1 cm³/mol. The molecule has 1 unspecified atom stereocenters. The SMILES string of the molecule is NC(C1CCCCC1)[C@@H](N)C1CCCCC1. The number of rotatable bonds is 3. The standard InChI is InChI=1S/C14H28N2/c15-13(11-7-3-1-4-8-11)14(16)12-9-5-2-6-10-12/h11-14H,1-10,15-16H2/t13-,14?/m0/s1. The van der Waals surface area contributed by atoms with Crippen LogP contribution in [0.1, 0.15) is 64.2 Å². The van der Waals surface area contributed by atoms with Crippen LogP contribution in [0.25, 0.3) is 0 Å². The average Bonchev–Trinajstić information content (AvgIpc) is 2.39. The third-order valence-electron chi connectivity index (χ3n) is 4.83. The zero-order valence-electron chi connectivity index (χ0n) is 10.5. The van der Waals surface area contributed by atoms with Gasteiger partial charge in [0.1, 0.15) is 0 Å². The molecule has 94 valence electrons. The van der Waals surface area contributed by atoms with E-state index in [0.717, 1.165) is 0 Å². The summed E-state index contributed by atoms with van der Waals surface area (Å²) in [7, 11) is 0. The van der Waals surface area contributed by atoms with Gasteiger partial charge in [-0.2, -0.15) is 0 Å². The Bertz CT molecular complexity index is 171. The molecule has 0 saturated heterocycles. The van der Waals surface area contributed by atoms with Gasteiger partial charge in [0.2, 0.25) is 0 Å². The summed E-state index contributed by atoms with van der Waals surface area (Å²) < 4.78 is 0. The largest absolute Gasteiger partial charge is 0.326 e. The second-order valence-electron chi connectivity index (χ2n) is 5.95. The lowest BCUT2D eigenvalue weighted by atomic mass is 9.75. The first-order valence-corrected chi connectivity index (χ1v) is 7.30. The molecule has 0 aromatic carbocycles. The minimum Gasteiger partial charge on any atom is -0.326 e. The maximum Gasteiger partial charge on any atom is 0.0223 e. The summed E-state index contributed by atoms with van der Waals surface area (Å²) in [6.07, 6.45) is 13.6. The molecule has 4 N–H and O–H groups in total. The summed E-state index contributed by atoms with van der Waals surface area (Å²) in [5, 5.41) is 0. The van der Waals surface area contributed by atoms with Crippen LogP contribution in [0.3, 0.4) is 0 Å². The van der Waals surface area contributed by atoms with Crippen LogP contribution in [0.2, 0.25) is 0 Å². The van der Waals surface area contributed by atoms with Crippen molar-refractivity contribution >= 4 is 0 Å². The summed E-state index contributed by atoms with van der Waals surface area (Å²) >= 11 is 0. The van der Waals surface area contributed by atoms with E-state index in [1.54, 1.807) is 0 Å². The summed E-state index contributed by atoms with van der Waals surface area (Å²) in [4.78, 5) is 0. The molecule has 2 fully saturated rings. The van der Waals surface area contributed by atoms with E-state index >= 15 is 0 Å². The van der Waals surface area contributed by atoms with Gasteiger partial charge in [-0.15, -0.1) is 0 Å². The van der Waals surface area contributed by atoms with Crippen LogP contribution in [-0.2, 0) is 0 Å². The van der Waals surface area contributed by atoms with E-state index in [9.17, 15) is 0 Å². The summed E-state index contributed by atoms with van der Waals surface area (Å²) in [5.41, 5.74) is 12.8. The molecule has 2 atom stereocenters. The van der Waals surface area contributed by atoms with Crippen molar-refractivity contribution in [2.24, 2.45) is 23.3 Å². The highest BCUT2D eigenvalue weighted by Gasteiger charge is 2.30. The van der Waals surface area contributed by atoms with Gasteiger partial charge < -0.3 is 11.5 Å². The third kappa shape index (κ3) is 2.98. The van der Waals surface area contributed by atoms with E-state index in [-0.39, 0.29) is 12.1 Å². The van der Waals surface area contributed by atoms with Gasteiger partial charge in [0.25, 0.3) is 0 Å². The van der Waals surface area contributed by atoms with Crippen molar-refractivity contribution in [3.63, 3.8) is 0 Å². The fourth-order valence-electron chi connectivity index (χ4n) is 3.67. The molecule has 2 saturated carbocycles. The first-order chi connectivity index (χ1) is 7.79. The molecule has 2 heteroatoms. The number of hydrogen-bond acceptors (Lipinski definition) is 2. The fraction of sp³-hybridized carbons (Fsp3) is 1.00. The first kappa shape index (κ1) is 12.4. The molecule has 0 amide bonds. The van der Waals surface area contributed by atoms with Crippen molar-refractivity contribution in [2.75, 3.05) is 0 Å². The first-order valence-electron chi connectivity index (χ1n) is 7.30. The van der Waals surface area contributed by atoms with Crippen molar-refractivity contribution < 1.29 is 0 Å². The Labute approximate surface area is 100 Å². The Morgan fingerprint density at radius 3 is 1.19 bits per heavy atom. The van der Waals surface area contributed by atoms with Crippen molar-refractivity contribution in [1.82, 2.24) is 0 Å². The molecular weight excluding hydrogens is 196 g/mol. The van der Waals surface area contributed by atoms with Crippen LogP contribution >= 0.6 is 0 Å². The quantitative estimate of drug-likeness (QED) is 0.774. The van der Waals surface area contributed by atoms with Crippen LogP contribution in [0, 0.1) is 11.8 Å². The minimum atomic E-state index is 0.267. The molecule has 2 rings (SSSR count). The molecule has 0 aliphatic heterocycles. The highest BCUT2D eigenvalue weighted by Crippen LogP contribution is 2.32. The maximum atomic E-state index is 6.40. The molecule has 0 spiro atoms. The number of nitrogens with two attached hydrogens (primary N) is 2. The van der Waals surface area contributed by atoms with Crippen molar-refractivity contribution in [2.45, 2.75) is 76.3 Å². The Hall–Kier alpha value is -0.0800. The molecule has 2 aliphatic carbocycles. The lowest BCUT2D eigenvalue weighted by Crippen LogP contribution is -2.51. The molecule has 2 aliphatic rings. The molecule has 0 aromatic rings. The van der Waals surface area contributed by atoms with E-state index in [1.165, 1.54) is 64.2 Å². The van der Waals surface area contributed by atoms with Gasteiger partial charge in [-0.1, -0.05) is 38.5 Å². The van der Waals surface area contributed by atoms with E-state index in [4.69, 9.17) is 11.5 Å². The monoisotopic (exact) mass is 224 g/mol. The van der Waals surface area contributed by atoms with Crippen molar-refractivity contribution in [3.05, 3.63) is 0 Å². The van der Waals surface area contributed by atoms with E-state index in [2.05, 4.69) is 0 Å². The van der Waals surface area contributed by atoms with Crippen molar-refractivity contribution in [1.29, 1.82) is 0 Å². The molecule has 0 aromatic heterocycles. The molecule has 0 radical (unpaired) electrons. The second kappa shape index (κ2) is 6.02. The Kier molecular flexibility index (Phi) is 4.66. The van der Waals surface area contributed by atoms with E-state index in [1.807, 2.05) is 0 Å². The smallest absolute Gasteiger partial charge is 0.0223 e. The summed E-state index contributed by atoms with van der Waals surface area (Å²) in [6.45, 7) is 0. The lowest BCUT2D eigenvalue weighted by Gasteiger charge is -2.37. The average molecular weight is 224 g/mol. The Morgan fingerprint density at radius 2 is 0.875 bits per heavy atom.